The van der Waals surface area contributed by atoms with Crippen molar-refractivity contribution >= 4 is 23.8 Å². The van der Waals surface area contributed by atoms with Crippen LogP contribution < -0.4 is 21.7 Å². The number of urea groups is 1. The largest absolute Gasteiger partial charge is 0.480 e. The predicted molar refractivity (Wildman–Crippen MR) is 74.2 cm³/mol. The summed E-state index contributed by atoms with van der Waals surface area (Å²) in [5.74, 6) is -2.17. The molecule has 9 heteroatoms. The van der Waals surface area contributed by atoms with Gasteiger partial charge in [0.05, 0.1) is 5.41 Å². The van der Waals surface area contributed by atoms with E-state index in [9.17, 15) is 19.2 Å². The van der Waals surface area contributed by atoms with Crippen molar-refractivity contribution in [1.82, 2.24) is 16.0 Å². The minimum absolute atomic E-state index is 0.0284. The van der Waals surface area contributed by atoms with Gasteiger partial charge in [-0.1, -0.05) is 0 Å². The van der Waals surface area contributed by atoms with Crippen LogP contribution in [0.15, 0.2) is 0 Å². The topological polar surface area (TPSA) is 151 Å². The molecule has 21 heavy (non-hydrogen) atoms. The molecule has 0 rings (SSSR count). The lowest BCUT2D eigenvalue weighted by molar-refractivity contribution is -0.139. The summed E-state index contributed by atoms with van der Waals surface area (Å²) >= 11 is 0. The lowest BCUT2D eigenvalue weighted by Gasteiger charge is -2.23. The smallest absolute Gasteiger partial charge is 0.326 e. The maximum atomic E-state index is 11.6. The van der Waals surface area contributed by atoms with Crippen LogP contribution >= 0.6 is 0 Å². The van der Waals surface area contributed by atoms with Crippen molar-refractivity contribution in [2.24, 2.45) is 11.1 Å². The number of primary amides is 1. The highest BCUT2D eigenvalue weighted by Gasteiger charge is 2.28. The van der Waals surface area contributed by atoms with Gasteiger partial charge >= 0.3 is 12.0 Å². The Kier molecular flexibility index (Phi) is 7.18. The van der Waals surface area contributed by atoms with Crippen molar-refractivity contribution in [1.29, 1.82) is 0 Å². The molecule has 9 nitrogen and oxygen atoms in total. The number of aliphatic carboxylic acids is 1. The van der Waals surface area contributed by atoms with Gasteiger partial charge in [-0.3, -0.25) is 9.59 Å². The molecule has 0 heterocycles. The van der Waals surface area contributed by atoms with Gasteiger partial charge < -0.3 is 26.8 Å². The summed E-state index contributed by atoms with van der Waals surface area (Å²) < 4.78 is 0. The maximum Gasteiger partial charge on any atom is 0.326 e. The van der Waals surface area contributed by atoms with E-state index in [1.807, 2.05) is 0 Å². The summed E-state index contributed by atoms with van der Waals surface area (Å²) in [6, 6.07) is -1.95. The first kappa shape index (κ1) is 18.7. The Bertz CT molecular complexity index is 422. The van der Waals surface area contributed by atoms with E-state index in [0.29, 0.717) is 0 Å². The Hall–Kier alpha value is -2.32. The van der Waals surface area contributed by atoms with Gasteiger partial charge in [-0.05, 0) is 20.3 Å². The number of rotatable bonds is 8. The van der Waals surface area contributed by atoms with Crippen LogP contribution in [0.2, 0.25) is 0 Å². The maximum absolute atomic E-state index is 11.6. The number of hydrogen-bond donors (Lipinski definition) is 5. The Morgan fingerprint density at radius 3 is 2.24 bits per heavy atom. The van der Waals surface area contributed by atoms with Gasteiger partial charge in [0.15, 0.2) is 0 Å². The standard InChI is InChI=1S/C12H22N4O5/c1-12(2,10(20)14-3)6-15-11(21)16-7(9(18)19)4-5-8(13)17/h7H,4-6H2,1-3H3,(H2,13,17)(H,14,20)(H,18,19)(H2,15,16,21). The highest BCUT2D eigenvalue weighted by atomic mass is 16.4. The molecule has 0 aliphatic carbocycles. The van der Waals surface area contributed by atoms with E-state index in [-0.39, 0.29) is 25.3 Å². The molecule has 4 amide bonds. The third-order valence-electron chi connectivity index (χ3n) is 2.82. The Morgan fingerprint density at radius 2 is 1.81 bits per heavy atom. The molecule has 0 fully saturated rings. The number of carbonyl (C=O) groups excluding carboxylic acids is 3. The quantitative estimate of drug-likeness (QED) is 0.380. The molecular formula is C12H22N4O5. The highest BCUT2D eigenvalue weighted by molar-refractivity contribution is 5.85. The summed E-state index contributed by atoms with van der Waals surface area (Å²) in [7, 11) is 1.48. The second kappa shape index (κ2) is 8.08. The Morgan fingerprint density at radius 1 is 1.24 bits per heavy atom. The third-order valence-corrected chi connectivity index (χ3v) is 2.82. The normalized spacial score (nSPS) is 12.1. The van der Waals surface area contributed by atoms with Crippen LogP contribution in [0.1, 0.15) is 26.7 Å². The van der Waals surface area contributed by atoms with Gasteiger partial charge in [0.25, 0.3) is 0 Å². The monoisotopic (exact) mass is 302 g/mol. The molecule has 0 aromatic carbocycles. The SMILES string of the molecule is CNC(=O)C(C)(C)CNC(=O)NC(CCC(N)=O)C(=O)O. The number of amides is 4. The van der Waals surface area contributed by atoms with Crippen molar-refractivity contribution in [3.63, 3.8) is 0 Å². The summed E-state index contributed by atoms with van der Waals surface area (Å²) in [5, 5.41) is 16.0. The molecule has 0 aliphatic heterocycles. The average molecular weight is 302 g/mol. The fourth-order valence-electron chi connectivity index (χ4n) is 1.47. The summed E-state index contributed by atoms with van der Waals surface area (Å²) in [6.07, 6.45) is -0.252. The molecule has 1 unspecified atom stereocenters. The van der Waals surface area contributed by atoms with E-state index in [4.69, 9.17) is 10.8 Å². The molecule has 1 atom stereocenters. The molecule has 6 N–H and O–H groups in total. The van der Waals surface area contributed by atoms with Crippen molar-refractivity contribution in [3.8, 4) is 0 Å². The van der Waals surface area contributed by atoms with Gasteiger partial charge in [0, 0.05) is 20.0 Å². The second-order valence-electron chi connectivity index (χ2n) is 5.19. The van der Waals surface area contributed by atoms with E-state index in [1.54, 1.807) is 13.8 Å². The van der Waals surface area contributed by atoms with Crippen LogP contribution in [0.3, 0.4) is 0 Å². The zero-order valence-electron chi connectivity index (χ0n) is 12.4. The number of hydrogen-bond acceptors (Lipinski definition) is 4. The van der Waals surface area contributed by atoms with Gasteiger partial charge in [-0.25, -0.2) is 9.59 Å². The van der Waals surface area contributed by atoms with E-state index in [2.05, 4.69) is 16.0 Å². The minimum atomic E-state index is -1.27. The molecular weight excluding hydrogens is 280 g/mol. The summed E-state index contributed by atoms with van der Waals surface area (Å²) in [6.45, 7) is 3.29. The van der Waals surface area contributed by atoms with Gasteiger partial charge in [0.1, 0.15) is 6.04 Å². The first-order valence-corrected chi connectivity index (χ1v) is 6.38. The van der Waals surface area contributed by atoms with E-state index in [0.717, 1.165) is 0 Å². The molecule has 0 aromatic heterocycles. The fourth-order valence-corrected chi connectivity index (χ4v) is 1.47. The Labute approximate surface area is 122 Å². The first-order chi connectivity index (χ1) is 9.60. The number of carbonyl (C=O) groups is 4. The molecule has 120 valence electrons. The molecule has 0 radical (unpaired) electrons. The average Bonchev–Trinajstić information content (AvgIpc) is 2.39. The summed E-state index contributed by atoms with van der Waals surface area (Å²) in [4.78, 5) is 44.7. The molecule has 0 aromatic rings. The van der Waals surface area contributed by atoms with Crippen LogP contribution in [-0.2, 0) is 14.4 Å². The third kappa shape index (κ3) is 7.14. The lowest BCUT2D eigenvalue weighted by atomic mass is 9.92. The second-order valence-corrected chi connectivity index (χ2v) is 5.19. The number of carboxylic acids is 1. The van der Waals surface area contributed by atoms with Crippen molar-refractivity contribution < 1.29 is 24.3 Å². The predicted octanol–water partition coefficient (Wildman–Crippen LogP) is -1.22. The zero-order chi connectivity index (χ0) is 16.6. The van der Waals surface area contributed by atoms with E-state index >= 15 is 0 Å². The minimum Gasteiger partial charge on any atom is -0.480 e. The van der Waals surface area contributed by atoms with Crippen molar-refractivity contribution in [2.75, 3.05) is 13.6 Å². The zero-order valence-corrected chi connectivity index (χ0v) is 12.4. The number of carboxylic acid groups (broad SMARTS) is 1. The van der Waals surface area contributed by atoms with Gasteiger partial charge in [0.2, 0.25) is 11.8 Å². The molecule has 0 spiro atoms. The fraction of sp³-hybridized carbons (Fsp3) is 0.667. The van der Waals surface area contributed by atoms with Gasteiger partial charge in [-0.2, -0.15) is 0 Å². The lowest BCUT2D eigenvalue weighted by Crippen LogP contribution is -2.50. The van der Waals surface area contributed by atoms with Crippen LogP contribution in [0.25, 0.3) is 0 Å². The molecule has 0 bridgehead atoms. The Balaban J connectivity index is 4.42. The highest BCUT2D eigenvalue weighted by Crippen LogP contribution is 2.12. The van der Waals surface area contributed by atoms with Crippen LogP contribution in [0, 0.1) is 5.41 Å². The molecule has 0 aliphatic rings. The van der Waals surface area contributed by atoms with Gasteiger partial charge in [-0.15, -0.1) is 0 Å². The number of nitrogens with one attached hydrogen (secondary N) is 3. The molecule has 0 saturated carbocycles. The van der Waals surface area contributed by atoms with E-state index < -0.39 is 29.4 Å². The first-order valence-electron chi connectivity index (χ1n) is 6.38. The van der Waals surface area contributed by atoms with Crippen LogP contribution in [-0.4, -0.2) is 48.6 Å². The number of nitrogens with two attached hydrogens (primary N) is 1. The van der Waals surface area contributed by atoms with Crippen LogP contribution in [0.4, 0.5) is 4.79 Å². The van der Waals surface area contributed by atoms with Crippen LogP contribution in [0.5, 0.6) is 0 Å². The van der Waals surface area contributed by atoms with Crippen molar-refractivity contribution in [2.45, 2.75) is 32.7 Å². The van der Waals surface area contributed by atoms with Crippen molar-refractivity contribution in [3.05, 3.63) is 0 Å². The van der Waals surface area contributed by atoms with E-state index in [1.165, 1.54) is 7.05 Å². The summed E-state index contributed by atoms with van der Waals surface area (Å²) in [5.41, 5.74) is 4.10. The molecule has 0 saturated heterocycles.